The maximum atomic E-state index is 7.06. The zero-order valence-corrected chi connectivity index (χ0v) is 19.1. The van der Waals surface area contributed by atoms with Crippen LogP contribution in [-0.4, -0.2) is 33.9 Å². The Labute approximate surface area is 171 Å². The first-order valence-electron chi connectivity index (χ1n) is 10.1. The SMILES string of the molecule is CC1(CO[Si](c2ccccc2)(c2ccccc2)C(C)(C)C)COC(C)(C)OC1. The molecular weight excluding hydrogens is 364 g/mol. The van der Waals surface area contributed by atoms with E-state index >= 15 is 0 Å². The van der Waals surface area contributed by atoms with Crippen molar-refractivity contribution in [2.75, 3.05) is 19.8 Å². The minimum Gasteiger partial charge on any atom is -0.407 e. The Bertz CT molecular complexity index is 716. The molecule has 1 aliphatic heterocycles. The lowest BCUT2D eigenvalue weighted by atomic mass is 9.93. The summed E-state index contributed by atoms with van der Waals surface area (Å²) >= 11 is 0. The van der Waals surface area contributed by atoms with Gasteiger partial charge in [-0.05, 0) is 29.3 Å². The Morgan fingerprint density at radius 2 is 1.25 bits per heavy atom. The minimum absolute atomic E-state index is 0.0261. The number of ether oxygens (including phenoxy) is 2. The van der Waals surface area contributed by atoms with Gasteiger partial charge < -0.3 is 13.9 Å². The van der Waals surface area contributed by atoms with E-state index in [-0.39, 0.29) is 10.5 Å². The van der Waals surface area contributed by atoms with Crippen LogP contribution in [0.5, 0.6) is 0 Å². The van der Waals surface area contributed by atoms with Crippen molar-refractivity contribution in [2.45, 2.75) is 52.4 Å². The second-order valence-electron chi connectivity index (χ2n) is 9.74. The van der Waals surface area contributed by atoms with Crippen molar-refractivity contribution in [3.63, 3.8) is 0 Å². The topological polar surface area (TPSA) is 27.7 Å². The molecule has 3 rings (SSSR count). The van der Waals surface area contributed by atoms with Crippen LogP contribution in [0.3, 0.4) is 0 Å². The van der Waals surface area contributed by atoms with Crippen LogP contribution >= 0.6 is 0 Å². The number of benzene rings is 2. The van der Waals surface area contributed by atoms with Gasteiger partial charge in [0.25, 0.3) is 8.32 Å². The van der Waals surface area contributed by atoms with Gasteiger partial charge in [-0.2, -0.15) is 0 Å². The van der Waals surface area contributed by atoms with Gasteiger partial charge in [-0.25, -0.2) is 0 Å². The molecule has 28 heavy (non-hydrogen) atoms. The fourth-order valence-electron chi connectivity index (χ4n) is 3.91. The normalized spacial score (nSPS) is 19.4. The smallest absolute Gasteiger partial charge is 0.261 e. The monoisotopic (exact) mass is 398 g/mol. The zero-order chi connectivity index (χ0) is 20.5. The van der Waals surface area contributed by atoms with Crippen molar-refractivity contribution in [3.8, 4) is 0 Å². The Hall–Kier alpha value is -1.46. The summed E-state index contributed by atoms with van der Waals surface area (Å²) in [6, 6.07) is 21.5. The molecule has 0 atom stereocenters. The second kappa shape index (κ2) is 7.75. The standard InChI is InChI=1S/C24H34O3Si/c1-22(2,3)28(20-13-9-7-10-14-20,21-15-11-8-12-16-21)27-19-24(6)17-25-23(4,5)26-18-24/h7-16H,17-19H2,1-6H3. The summed E-state index contributed by atoms with van der Waals surface area (Å²) in [4.78, 5) is 0. The highest BCUT2D eigenvalue weighted by Gasteiger charge is 2.51. The fraction of sp³-hybridized carbons (Fsp3) is 0.500. The van der Waals surface area contributed by atoms with Gasteiger partial charge in [0.1, 0.15) is 0 Å². The van der Waals surface area contributed by atoms with Crippen molar-refractivity contribution < 1.29 is 13.9 Å². The van der Waals surface area contributed by atoms with Crippen molar-refractivity contribution in [3.05, 3.63) is 60.7 Å². The van der Waals surface area contributed by atoms with E-state index in [1.165, 1.54) is 10.4 Å². The van der Waals surface area contributed by atoms with Crippen LogP contribution in [0.15, 0.2) is 60.7 Å². The number of rotatable bonds is 5. The van der Waals surface area contributed by atoms with E-state index in [1.54, 1.807) is 0 Å². The summed E-state index contributed by atoms with van der Waals surface area (Å²) < 4.78 is 19.0. The summed E-state index contributed by atoms with van der Waals surface area (Å²) in [6.07, 6.45) is 0. The van der Waals surface area contributed by atoms with E-state index in [1.807, 2.05) is 13.8 Å². The highest BCUT2D eigenvalue weighted by molar-refractivity contribution is 6.99. The highest BCUT2D eigenvalue weighted by atomic mass is 28.4. The third-order valence-electron chi connectivity index (χ3n) is 5.59. The molecule has 0 N–H and O–H groups in total. The van der Waals surface area contributed by atoms with Crippen molar-refractivity contribution in [1.82, 2.24) is 0 Å². The van der Waals surface area contributed by atoms with Crippen LogP contribution in [0.25, 0.3) is 0 Å². The molecule has 1 aliphatic rings. The van der Waals surface area contributed by atoms with Gasteiger partial charge in [0.2, 0.25) is 0 Å². The fourth-order valence-corrected chi connectivity index (χ4v) is 8.63. The Balaban J connectivity index is 2.00. The first-order chi connectivity index (χ1) is 13.1. The second-order valence-corrected chi connectivity index (χ2v) is 14.0. The molecule has 1 fully saturated rings. The lowest BCUT2D eigenvalue weighted by Gasteiger charge is -2.47. The molecule has 0 radical (unpaired) electrons. The first kappa shape index (κ1) is 21.3. The molecule has 1 heterocycles. The van der Waals surface area contributed by atoms with Gasteiger partial charge in [-0.15, -0.1) is 0 Å². The van der Waals surface area contributed by atoms with Gasteiger partial charge in [0, 0.05) is 12.0 Å². The Morgan fingerprint density at radius 1 is 0.821 bits per heavy atom. The molecule has 0 saturated carbocycles. The molecule has 4 heteroatoms. The van der Waals surface area contributed by atoms with Crippen LogP contribution in [-0.2, 0) is 13.9 Å². The molecule has 0 aromatic heterocycles. The summed E-state index contributed by atoms with van der Waals surface area (Å²) in [5.41, 5.74) is -0.164. The third kappa shape index (κ3) is 4.25. The van der Waals surface area contributed by atoms with Crippen LogP contribution in [0.4, 0.5) is 0 Å². The molecule has 2 aromatic rings. The minimum atomic E-state index is -2.53. The van der Waals surface area contributed by atoms with E-state index < -0.39 is 14.1 Å². The Kier molecular flexibility index (Phi) is 5.88. The molecule has 152 valence electrons. The molecule has 3 nitrogen and oxygen atoms in total. The number of hydrogen-bond acceptors (Lipinski definition) is 3. The average Bonchev–Trinajstić information content (AvgIpc) is 2.66. The quantitative estimate of drug-likeness (QED) is 0.701. The summed E-state index contributed by atoms with van der Waals surface area (Å²) in [6.45, 7) is 14.9. The molecule has 0 spiro atoms. The predicted octanol–water partition coefficient (Wildman–Crippen LogP) is 4.35. The van der Waals surface area contributed by atoms with E-state index in [9.17, 15) is 0 Å². The molecule has 0 bridgehead atoms. The van der Waals surface area contributed by atoms with Crippen molar-refractivity contribution in [2.24, 2.45) is 5.41 Å². The lowest BCUT2D eigenvalue weighted by molar-refractivity contribution is -0.285. The van der Waals surface area contributed by atoms with Gasteiger partial charge in [-0.1, -0.05) is 88.4 Å². The van der Waals surface area contributed by atoms with E-state index in [0.29, 0.717) is 19.8 Å². The molecule has 1 saturated heterocycles. The average molecular weight is 399 g/mol. The molecule has 2 aromatic carbocycles. The van der Waals surface area contributed by atoms with Crippen LogP contribution in [0.2, 0.25) is 5.04 Å². The summed E-state index contributed by atoms with van der Waals surface area (Å²) in [5, 5.41) is 2.58. The first-order valence-corrected chi connectivity index (χ1v) is 12.0. The predicted molar refractivity (Wildman–Crippen MR) is 118 cm³/mol. The summed E-state index contributed by atoms with van der Waals surface area (Å²) in [5.74, 6) is -0.517. The Morgan fingerprint density at radius 3 is 1.64 bits per heavy atom. The van der Waals surface area contributed by atoms with Crippen LogP contribution in [0, 0.1) is 5.41 Å². The van der Waals surface area contributed by atoms with E-state index in [4.69, 9.17) is 13.9 Å². The van der Waals surface area contributed by atoms with Crippen LogP contribution in [0.1, 0.15) is 41.5 Å². The molecule has 0 aliphatic carbocycles. The third-order valence-corrected chi connectivity index (χ3v) is 10.6. The molecule has 0 unspecified atom stereocenters. The highest BCUT2D eigenvalue weighted by Crippen LogP contribution is 2.39. The molecule has 0 amide bonds. The van der Waals surface area contributed by atoms with E-state index in [2.05, 4.69) is 88.4 Å². The van der Waals surface area contributed by atoms with Crippen LogP contribution < -0.4 is 10.4 Å². The van der Waals surface area contributed by atoms with Gasteiger partial charge in [0.05, 0.1) is 13.2 Å². The molecular formula is C24H34O3Si. The van der Waals surface area contributed by atoms with Gasteiger partial charge in [0.15, 0.2) is 5.79 Å². The lowest BCUT2D eigenvalue weighted by Crippen LogP contribution is -2.67. The summed E-state index contributed by atoms with van der Waals surface area (Å²) in [7, 11) is -2.53. The largest absolute Gasteiger partial charge is 0.407 e. The maximum absolute atomic E-state index is 7.06. The van der Waals surface area contributed by atoms with Crippen molar-refractivity contribution in [1.29, 1.82) is 0 Å². The van der Waals surface area contributed by atoms with E-state index in [0.717, 1.165) is 0 Å². The van der Waals surface area contributed by atoms with Gasteiger partial charge >= 0.3 is 0 Å². The zero-order valence-electron chi connectivity index (χ0n) is 18.1. The van der Waals surface area contributed by atoms with Crippen molar-refractivity contribution >= 4 is 18.7 Å². The van der Waals surface area contributed by atoms with Gasteiger partial charge in [-0.3, -0.25) is 0 Å². The number of hydrogen-bond donors (Lipinski definition) is 0. The maximum Gasteiger partial charge on any atom is 0.261 e.